The number of hydrogen-bond acceptors (Lipinski definition) is 2. The van der Waals surface area contributed by atoms with E-state index in [2.05, 4.69) is 36.8 Å². The lowest BCUT2D eigenvalue weighted by Crippen LogP contribution is -1.92. The van der Waals surface area contributed by atoms with Crippen LogP contribution in [-0.4, -0.2) is 4.98 Å². The van der Waals surface area contributed by atoms with Gasteiger partial charge in [-0.1, -0.05) is 28.1 Å². The molecule has 4 heteroatoms. The fourth-order valence-electron chi connectivity index (χ4n) is 1.23. The lowest BCUT2D eigenvalue weighted by Gasteiger charge is -2.03. The number of nitrogen functional groups attached to an aromatic ring is 1. The van der Waals surface area contributed by atoms with Gasteiger partial charge in [0, 0.05) is 15.2 Å². The van der Waals surface area contributed by atoms with Gasteiger partial charge in [0.25, 0.3) is 0 Å². The van der Waals surface area contributed by atoms with Crippen LogP contribution < -0.4 is 5.73 Å². The zero-order chi connectivity index (χ0) is 9.42. The summed E-state index contributed by atoms with van der Waals surface area (Å²) in [5.74, 6) is 0.547. The van der Waals surface area contributed by atoms with E-state index in [4.69, 9.17) is 5.73 Å². The van der Waals surface area contributed by atoms with E-state index in [1.807, 2.05) is 24.3 Å². The second kappa shape index (κ2) is 3.27. The molecule has 0 aliphatic rings. The molecule has 1 aromatic heterocycles. The second-order valence-corrected chi connectivity index (χ2v) is 4.33. The number of fused-ring (bicyclic) bond motifs is 1. The molecular weight excluding hydrogens is 296 g/mol. The maximum atomic E-state index is 5.76. The number of aromatic nitrogens is 1. The lowest BCUT2D eigenvalue weighted by molar-refractivity contribution is 1.31. The fourth-order valence-corrected chi connectivity index (χ4v) is 2.13. The molecule has 2 rings (SSSR count). The normalized spacial score (nSPS) is 10.6. The van der Waals surface area contributed by atoms with Gasteiger partial charge in [-0.05, 0) is 28.1 Å². The van der Waals surface area contributed by atoms with Crippen LogP contribution in [0.3, 0.4) is 0 Å². The largest absolute Gasteiger partial charge is 0.383 e. The van der Waals surface area contributed by atoms with Gasteiger partial charge >= 0.3 is 0 Å². The number of pyridine rings is 1. The predicted molar refractivity (Wildman–Crippen MR) is 61.6 cm³/mol. The Morgan fingerprint density at radius 2 is 1.92 bits per heavy atom. The number of halogens is 2. The molecule has 0 fully saturated rings. The summed E-state index contributed by atoms with van der Waals surface area (Å²) in [7, 11) is 0. The van der Waals surface area contributed by atoms with Gasteiger partial charge in [0.1, 0.15) is 10.4 Å². The molecule has 13 heavy (non-hydrogen) atoms. The van der Waals surface area contributed by atoms with Crippen LogP contribution in [0.15, 0.2) is 33.3 Å². The average molecular weight is 302 g/mol. The summed E-state index contributed by atoms with van der Waals surface area (Å²) in [4.78, 5) is 4.12. The zero-order valence-corrected chi connectivity index (χ0v) is 9.76. The van der Waals surface area contributed by atoms with Crippen molar-refractivity contribution in [3.8, 4) is 0 Å². The third kappa shape index (κ3) is 1.56. The summed E-state index contributed by atoms with van der Waals surface area (Å²) in [5, 5.41) is 2.04. The zero-order valence-electron chi connectivity index (χ0n) is 6.59. The minimum absolute atomic E-state index is 0.547. The van der Waals surface area contributed by atoms with Crippen LogP contribution in [-0.2, 0) is 0 Å². The molecule has 2 aromatic rings. The molecular formula is C9H6Br2N2. The number of rotatable bonds is 0. The Hall–Kier alpha value is -0.610. The monoisotopic (exact) mass is 300 g/mol. The van der Waals surface area contributed by atoms with Gasteiger partial charge in [0.15, 0.2) is 0 Å². The Morgan fingerprint density at radius 1 is 1.15 bits per heavy atom. The van der Waals surface area contributed by atoms with Crippen molar-refractivity contribution >= 4 is 48.5 Å². The summed E-state index contributed by atoms with van der Waals surface area (Å²) in [6, 6.07) is 7.82. The first-order chi connectivity index (χ1) is 6.18. The van der Waals surface area contributed by atoms with Crippen LogP contribution in [0.2, 0.25) is 0 Å². The molecule has 0 bridgehead atoms. The highest BCUT2D eigenvalue weighted by atomic mass is 79.9. The maximum absolute atomic E-state index is 5.76. The number of benzene rings is 1. The summed E-state index contributed by atoms with van der Waals surface area (Å²) in [5.41, 5.74) is 5.76. The molecule has 0 saturated heterocycles. The van der Waals surface area contributed by atoms with E-state index in [0.717, 1.165) is 19.8 Å². The van der Waals surface area contributed by atoms with E-state index in [9.17, 15) is 0 Å². The van der Waals surface area contributed by atoms with Gasteiger partial charge in [0.05, 0.1) is 0 Å². The first kappa shape index (κ1) is 8.97. The van der Waals surface area contributed by atoms with Gasteiger partial charge in [-0.15, -0.1) is 0 Å². The van der Waals surface area contributed by atoms with Crippen molar-refractivity contribution in [2.24, 2.45) is 0 Å². The third-order valence-electron chi connectivity index (χ3n) is 1.82. The van der Waals surface area contributed by atoms with Crippen molar-refractivity contribution in [3.05, 3.63) is 33.3 Å². The molecule has 1 aromatic carbocycles. The highest BCUT2D eigenvalue weighted by Crippen LogP contribution is 2.28. The van der Waals surface area contributed by atoms with Crippen molar-refractivity contribution in [2.45, 2.75) is 0 Å². The standard InChI is InChI=1S/C9H6Br2N2/c10-7-3-1-2-5-6(7)4-8(11)13-9(5)12/h1-4H,(H2,12,13). The van der Waals surface area contributed by atoms with Crippen molar-refractivity contribution in [3.63, 3.8) is 0 Å². The molecule has 0 aliphatic carbocycles. The Kier molecular flexibility index (Phi) is 2.26. The minimum Gasteiger partial charge on any atom is -0.383 e. The summed E-state index contributed by atoms with van der Waals surface area (Å²) < 4.78 is 1.78. The summed E-state index contributed by atoms with van der Waals surface area (Å²) in [6.07, 6.45) is 0. The number of nitrogens with two attached hydrogens (primary N) is 1. The van der Waals surface area contributed by atoms with Gasteiger partial charge in [-0.3, -0.25) is 0 Å². The van der Waals surface area contributed by atoms with E-state index < -0.39 is 0 Å². The van der Waals surface area contributed by atoms with Crippen LogP contribution >= 0.6 is 31.9 Å². The van der Waals surface area contributed by atoms with Crippen LogP contribution in [0.4, 0.5) is 5.82 Å². The molecule has 0 atom stereocenters. The number of anilines is 1. The second-order valence-electron chi connectivity index (χ2n) is 2.67. The highest BCUT2D eigenvalue weighted by molar-refractivity contribution is 9.11. The molecule has 66 valence electrons. The molecule has 0 amide bonds. The van der Waals surface area contributed by atoms with E-state index in [1.54, 1.807) is 0 Å². The molecule has 2 N–H and O–H groups in total. The van der Waals surface area contributed by atoms with Crippen LogP contribution in [0.25, 0.3) is 10.8 Å². The van der Waals surface area contributed by atoms with Crippen molar-refractivity contribution in [1.82, 2.24) is 4.98 Å². The first-order valence-corrected chi connectivity index (χ1v) is 5.27. The Bertz CT molecular complexity index is 468. The molecule has 0 unspecified atom stereocenters. The van der Waals surface area contributed by atoms with Crippen LogP contribution in [0.5, 0.6) is 0 Å². The van der Waals surface area contributed by atoms with E-state index in [0.29, 0.717) is 5.82 Å². The molecule has 0 aliphatic heterocycles. The van der Waals surface area contributed by atoms with Gasteiger partial charge in [-0.2, -0.15) is 0 Å². The molecule has 0 spiro atoms. The lowest BCUT2D eigenvalue weighted by atomic mass is 10.2. The predicted octanol–water partition coefficient (Wildman–Crippen LogP) is 3.34. The SMILES string of the molecule is Nc1nc(Br)cc2c(Br)cccc12. The number of hydrogen-bond donors (Lipinski definition) is 1. The molecule has 0 radical (unpaired) electrons. The van der Waals surface area contributed by atoms with E-state index >= 15 is 0 Å². The summed E-state index contributed by atoms with van der Waals surface area (Å²) >= 11 is 6.77. The smallest absolute Gasteiger partial charge is 0.132 e. The Balaban J connectivity index is 2.94. The van der Waals surface area contributed by atoms with Crippen molar-refractivity contribution in [2.75, 3.05) is 5.73 Å². The first-order valence-electron chi connectivity index (χ1n) is 3.69. The van der Waals surface area contributed by atoms with E-state index in [-0.39, 0.29) is 0 Å². The van der Waals surface area contributed by atoms with Crippen LogP contribution in [0.1, 0.15) is 0 Å². The summed E-state index contributed by atoms with van der Waals surface area (Å²) in [6.45, 7) is 0. The van der Waals surface area contributed by atoms with Crippen molar-refractivity contribution < 1.29 is 0 Å². The maximum Gasteiger partial charge on any atom is 0.132 e. The Morgan fingerprint density at radius 3 is 2.69 bits per heavy atom. The van der Waals surface area contributed by atoms with E-state index in [1.165, 1.54) is 0 Å². The fraction of sp³-hybridized carbons (Fsp3) is 0. The average Bonchev–Trinajstić information content (AvgIpc) is 2.07. The van der Waals surface area contributed by atoms with Gasteiger partial charge in [-0.25, -0.2) is 4.98 Å². The van der Waals surface area contributed by atoms with Gasteiger partial charge < -0.3 is 5.73 Å². The quantitative estimate of drug-likeness (QED) is 0.758. The molecule has 0 saturated carbocycles. The van der Waals surface area contributed by atoms with Crippen molar-refractivity contribution in [1.29, 1.82) is 0 Å². The van der Waals surface area contributed by atoms with Gasteiger partial charge in [0.2, 0.25) is 0 Å². The third-order valence-corrected chi connectivity index (χ3v) is 2.92. The topological polar surface area (TPSA) is 38.9 Å². The molecule has 2 nitrogen and oxygen atoms in total. The number of nitrogens with zero attached hydrogens (tertiary/aromatic N) is 1. The Labute approximate surface area is 92.4 Å². The minimum atomic E-state index is 0.547. The van der Waals surface area contributed by atoms with Crippen LogP contribution in [0, 0.1) is 0 Å². The highest BCUT2D eigenvalue weighted by Gasteiger charge is 2.03. The molecule has 1 heterocycles.